The SMILES string of the molecule is C/C(C1=NCCO1)=C(/N[C@@H](C)c1ccccc1)c1ccccc1. The molecule has 1 aliphatic heterocycles. The van der Waals surface area contributed by atoms with E-state index < -0.39 is 0 Å². The first-order valence-electron chi connectivity index (χ1n) is 8.01. The Morgan fingerprint density at radius 2 is 1.70 bits per heavy atom. The molecule has 0 amide bonds. The van der Waals surface area contributed by atoms with Crippen molar-refractivity contribution in [3.63, 3.8) is 0 Å². The van der Waals surface area contributed by atoms with Crippen LogP contribution >= 0.6 is 0 Å². The largest absolute Gasteiger partial charge is 0.476 e. The van der Waals surface area contributed by atoms with Crippen LogP contribution in [0.15, 0.2) is 71.2 Å². The fourth-order valence-corrected chi connectivity index (χ4v) is 2.72. The second kappa shape index (κ2) is 7.14. The van der Waals surface area contributed by atoms with E-state index >= 15 is 0 Å². The Morgan fingerprint density at radius 3 is 2.30 bits per heavy atom. The molecule has 0 saturated carbocycles. The molecule has 0 fully saturated rings. The lowest BCUT2D eigenvalue weighted by molar-refractivity contribution is 0.347. The quantitative estimate of drug-likeness (QED) is 0.898. The Morgan fingerprint density at radius 1 is 1.04 bits per heavy atom. The van der Waals surface area contributed by atoms with Crippen molar-refractivity contribution >= 4 is 11.6 Å². The molecule has 23 heavy (non-hydrogen) atoms. The first-order valence-corrected chi connectivity index (χ1v) is 8.01. The molecule has 1 aliphatic rings. The summed E-state index contributed by atoms with van der Waals surface area (Å²) in [4.78, 5) is 4.46. The van der Waals surface area contributed by atoms with Crippen molar-refractivity contribution in [2.75, 3.05) is 13.2 Å². The monoisotopic (exact) mass is 306 g/mol. The van der Waals surface area contributed by atoms with E-state index in [4.69, 9.17) is 4.74 Å². The fraction of sp³-hybridized carbons (Fsp3) is 0.250. The molecule has 0 saturated heterocycles. The molecule has 3 rings (SSSR count). The molecule has 0 bridgehead atoms. The second-order valence-corrected chi connectivity index (χ2v) is 5.68. The second-order valence-electron chi connectivity index (χ2n) is 5.68. The molecular weight excluding hydrogens is 284 g/mol. The average molecular weight is 306 g/mol. The molecule has 118 valence electrons. The smallest absolute Gasteiger partial charge is 0.213 e. The Bertz CT molecular complexity index is 705. The first-order chi connectivity index (χ1) is 11.3. The van der Waals surface area contributed by atoms with Crippen LogP contribution in [0.3, 0.4) is 0 Å². The number of ether oxygens (including phenoxy) is 1. The van der Waals surface area contributed by atoms with E-state index in [-0.39, 0.29) is 6.04 Å². The Kier molecular flexibility index (Phi) is 4.77. The molecule has 2 aromatic rings. The van der Waals surface area contributed by atoms with Crippen LogP contribution in [0.4, 0.5) is 0 Å². The first kappa shape index (κ1) is 15.3. The van der Waals surface area contributed by atoms with E-state index in [1.807, 2.05) is 12.1 Å². The van der Waals surface area contributed by atoms with Gasteiger partial charge in [-0.25, -0.2) is 4.99 Å². The number of nitrogens with zero attached hydrogens (tertiary/aromatic N) is 1. The molecular formula is C20H22N2O. The van der Waals surface area contributed by atoms with Gasteiger partial charge in [0.15, 0.2) is 0 Å². The highest BCUT2D eigenvalue weighted by Gasteiger charge is 2.17. The maximum Gasteiger partial charge on any atom is 0.213 e. The number of hydrogen-bond donors (Lipinski definition) is 1. The average Bonchev–Trinajstić information content (AvgIpc) is 3.15. The lowest BCUT2D eigenvalue weighted by Crippen LogP contribution is -2.20. The number of rotatable bonds is 5. The van der Waals surface area contributed by atoms with Crippen LogP contribution in [0.1, 0.15) is 31.0 Å². The van der Waals surface area contributed by atoms with Crippen LogP contribution in [-0.2, 0) is 4.74 Å². The van der Waals surface area contributed by atoms with Gasteiger partial charge in [0, 0.05) is 11.6 Å². The van der Waals surface area contributed by atoms with Crippen molar-refractivity contribution in [1.82, 2.24) is 5.32 Å². The number of benzene rings is 2. The zero-order chi connectivity index (χ0) is 16.1. The highest BCUT2D eigenvalue weighted by molar-refractivity contribution is 6.01. The lowest BCUT2D eigenvalue weighted by atomic mass is 10.0. The summed E-state index contributed by atoms with van der Waals surface area (Å²) in [6.45, 7) is 5.64. The van der Waals surface area contributed by atoms with Crippen molar-refractivity contribution in [1.29, 1.82) is 0 Å². The summed E-state index contributed by atoms with van der Waals surface area (Å²) in [6, 6.07) is 21.0. The number of hydrogen-bond acceptors (Lipinski definition) is 3. The molecule has 1 heterocycles. The molecule has 1 N–H and O–H groups in total. The minimum absolute atomic E-state index is 0.198. The minimum atomic E-state index is 0.198. The highest BCUT2D eigenvalue weighted by Crippen LogP contribution is 2.23. The van der Waals surface area contributed by atoms with Crippen LogP contribution in [-0.4, -0.2) is 19.0 Å². The number of aliphatic imine (C=N–C) groups is 1. The lowest BCUT2D eigenvalue weighted by Gasteiger charge is -2.21. The van der Waals surface area contributed by atoms with E-state index in [0.29, 0.717) is 6.61 Å². The summed E-state index contributed by atoms with van der Waals surface area (Å²) in [5.74, 6) is 0.747. The van der Waals surface area contributed by atoms with Crippen molar-refractivity contribution < 1.29 is 4.74 Å². The summed E-state index contributed by atoms with van der Waals surface area (Å²) in [6.07, 6.45) is 0. The van der Waals surface area contributed by atoms with Crippen LogP contribution in [0, 0.1) is 0 Å². The summed E-state index contributed by atoms with van der Waals surface area (Å²) in [5.41, 5.74) is 4.52. The molecule has 3 heteroatoms. The van der Waals surface area contributed by atoms with Crippen LogP contribution in [0.5, 0.6) is 0 Å². The van der Waals surface area contributed by atoms with Gasteiger partial charge >= 0.3 is 0 Å². The third-order valence-electron chi connectivity index (χ3n) is 4.00. The Balaban J connectivity index is 1.94. The predicted molar refractivity (Wildman–Crippen MR) is 95.3 cm³/mol. The maximum atomic E-state index is 5.66. The minimum Gasteiger partial charge on any atom is -0.476 e. The standard InChI is InChI=1S/C20H22N2O/c1-15(20-21-13-14-23-20)19(18-11-7-4-8-12-18)22-16(2)17-9-5-3-6-10-17/h3-12,16,22H,13-14H2,1-2H3/b19-15-/t16-/m0/s1. The third kappa shape index (κ3) is 3.62. The van der Waals surface area contributed by atoms with Crippen molar-refractivity contribution in [2.24, 2.45) is 4.99 Å². The van der Waals surface area contributed by atoms with Gasteiger partial charge in [-0.3, -0.25) is 0 Å². The molecule has 0 spiro atoms. The molecule has 2 aromatic carbocycles. The summed E-state index contributed by atoms with van der Waals surface area (Å²) < 4.78 is 5.66. The van der Waals surface area contributed by atoms with Crippen molar-refractivity contribution in [3.8, 4) is 0 Å². The highest BCUT2D eigenvalue weighted by atomic mass is 16.5. The van der Waals surface area contributed by atoms with Crippen molar-refractivity contribution in [2.45, 2.75) is 19.9 Å². The van der Waals surface area contributed by atoms with Gasteiger partial charge in [-0.2, -0.15) is 0 Å². The van der Waals surface area contributed by atoms with Crippen molar-refractivity contribution in [3.05, 3.63) is 77.4 Å². The Hall–Kier alpha value is -2.55. The van der Waals surface area contributed by atoms with Gasteiger partial charge in [0.05, 0.1) is 12.2 Å². The fourth-order valence-electron chi connectivity index (χ4n) is 2.72. The zero-order valence-electron chi connectivity index (χ0n) is 13.6. The van der Waals surface area contributed by atoms with Gasteiger partial charge in [-0.15, -0.1) is 0 Å². The molecule has 0 aliphatic carbocycles. The van der Waals surface area contributed by atoms with Crippen LogP contribution < -0.4 is 5.32 Å². The van der Waals surface area contributed by atoms with Gasteiger partial charge in [-0.05, 0) is 25.0 Å². The predicted octanol–water partition coefficient (Wildman–Crippen LogP) is 4.20. The molecule has 3 nitrogen and oxygen atoms in total. The molecule has 0 radical (unpaired) electrons. The van der Waals surface area contributed by atoms with E-state index in [1.165, 1.54) is 5.56 Å². The number of nitrogens with one attached hydrogen (secondary N) is 1. The summed E-state index contributed by atoms with van der Waals surface area (Å²) >= 11 is 0. The van der Waals surface area contributed by atoms with E-state index in [0.717, 1.165) is 29.3 Å². The van der Waals surface area contributed by atoms with Gasteiger partial charge < -0.3 is 10.1 Å². The molecule has 1 atom stereocenters. The topological polar surface area (TPSA) is 33.6 Å². The van der Waals surface area contributed by atoms with Crippen LogP contribution in [0.25, 0.3) is 5.70 Å². The van der Waals surface area contributed by atoms with Gasteiger partial charge in [-0.1, -0.05) is 60.7 Å². The molecule has 0 unspecified atom stereocenters. The zero-order valence-corrected chi connectivity index (χ0v) is 13.6. The molecule has 0 aromatic heterocycles. The van der Waals surface area contributed by atoms with Gasteiger partial charge in [0.2, 0.25) is 5.90 Å². The van der Waals surface area contributed by atoms with E-state index in [1.54, 1.807) is 0 Å². The van der Waals surface area contributed by atoms with Gasteiger partial charge in [0.25, 0.3) is 0 Å². The van der Waals surface area contributed by atoms with Gasteiger partial charge in [0.1, 0.15) is 6.61 Å². The maximum absolute atomic E-state index is 5.66. The van der Waals surface area contributed by atoms with E-state index in [2.05, 4.69) is 72.7 Å². The Labute approximate surface area is 137 Å². The summed E-state index contributed by atoms with van der Waals surface area (Å²) in [7, 11) is 0. The van der Waals surface area contributed by atoms with E-state index in [9.17, 15) is 0 Å². The van der Waals surface area contributed by atoms with Crippen LogP contribution in [0.2, 0.25) is 0 Å². The summed E-state index contributed by atoms with van der Waals surface area (Å²) in [5, 5.41) is 3.64. The normalized spacial score (nSPS) is 16.2. The third-order valence-corrected chi connectivity index (χ3v) is 4.00.